The molecule has 70 valence electrons. The Kier molecular flexibility index (Phi) is 2.21. The molecule has 0 aliphatic heterocycles. The predicted octanol–water partition coefficient (Wildman–Crippen LogP) is 1.93. The van der Waals surface area contributed by atoms with Crippen LogP contribution in [-0.2, 0) is 0 Å². The first-order chi connectivity index (χ1) is 5.33. The fraction of sp³-hybridized carbons (Fsp3) is 0.800. The molecule has 0 aromatic rings. The summed E-state index contributed by atoms with van der Waals surface area (Å²) in [6.45, 7) is 4.70. The van der Waals surface area contributed by atoms with Gasteiger partial charge in [-0.1, -0.05) is 6.58 Å². The smallest absolute Gasteiger partial charge is 0.0858 e. The molecule has 1 saturated carbocycles. The van der Waals surface area contributed by atoms with E-state index in [1.54, 1.807) is 0 Å². The lowest BCUT2D eigenvalue weighted by Crippen LogP contribution is -2.40. The van der Waals surface area contributed by atoms with Gasteiger partial charge >= 0.3 is 0 Å². The average molecular weight is 170 g/mol. The van der Waals surface area contributed by atoms with Crippen molar-refractivity contribution in [2.24, 2.45) is 5.41 Å². The average Bonchev–Trinajstić information content (AvgIpc) is 2.40. The summed E-state index contributed by atoms with van der Waals surface area (Å²) in [5.74, 6) is 0.348. The van der Waals surface area contributed by atoms with E-state index in [-0.39, 0.29) is 0 Å². The maximum Gasteiger partial charge on any atom is 0.0858 e. The summed E-state index contributed by atoms with van der Waals surface area (Å²) in [5.41, 5.74) is 0.379. The predicted molar refractivity (Wildman–Crippen MR) is 51.0 cm³/mol. The van der Waals surface area contributed by atoms with E-state index >= 15 is 0 Å². The van der Waals surface area contributed by atoms with Crippen molar-refractivity contribution in [3.63, 3.8) is 0 Å². The molecule has 2 nitrogen and oxygen atoms in total. The topological polar surface area (TPSA) is 20.2 Å². The molecule has 1 rings (SSSR count). The minimum absolute atomic E-state index is 0.348. The van der Waals surface area contributed by atoms with Gasteiger partial charge in [-0.2, -0.15) is 0 Å². The van der Waals surface area contributed by atoms with Crippen LogP contribution in [0.5, 0.6) is 0 Å². The van der Waals surface area contributed by atoms with E-state index in [9.17, 15) is 0 Å². The minimum atomic E-state index is 0.348. The molecule has 0 bridgehead atoms. The molecule has 0 aromatic heterocycles. The van der Waals surface area contributed by atoms with Crippen LogP contribution in [0.2, 0.25) is 0 Å². The second-order valence-corrected chi connectivity index (χ2v) is 5.19. The molecule has 0 heterocycles. The number of hydrogen-bond donors (Lipinski definition) is 1. The molecule has 1 aliphatic carbocycles. The zero-order valence-corrected chi connectivity index (χ0v) is 8.43. The Labute approximate surface area is 75.1 Å². The molecular weight excluding hydrogens is 150 g/mol. The molecule has 0 spiro atoms. The summed E-state index contributed by atoms with van der Waals surface area (Å²) in [6, 6.07) is 0. The molecule has 0 aromatic carbocycles. The van der Waals surface area contributed by atoms with Crippen molar-refractivity contribution in [2.45, 2.75) is 19.3 Å². The van der Waals surface area contributed by atoms with Crippen molar-refractivity contribution in [2.75, 3.05) is 27.7 Å². The van der Waals surface area contributed by atoms with E-state index in [1.165, 1.54) is 12.8 Å². The van der Waals surface area contributed by atoms with Crippen molar-refractivity contribution in [1.82, 2.24) is 0 Å². The van der Waals surface area contributed by atoms with Crippen LogP contribution >= 0.6 is 0 Å². The van der Waals surface area contributed by atoms with Gasteiger partial charge in [0, 0.05) is 11.8 Å². The fourth-order valence-electron chi connectivity index (χ4n) is 2.01. The molecule has 0 saturated heterocycles. The highest BCUT2D eigenvalue weighted by Crippen LogP contribution is 2.51. The second kappa shape index (κ2) is 2.77. The Morgan fingerprint density at radius 3 is 2.17 bits per heavy atom. The van der Waals surface area contributed by atoms with Gasteiger partial charge in [0.2, 0.25) is 0 Å². The highest BCUT2D eigenvalue weighted by Gasteiger charge is 2.47. The first kappa shape index (κ1) is 9.59. The van der Waals surface area contributed by atoms with Crippen LogP contribution < -0.4 is 0 Å². The first-order valence-electron chi connectivity index (χ1n) is 4.50. The Hall–Kier alpha value is -0.500. The van der Waals surface area contributed by atoms with Gasteiger partial charge in [-0.15, -0.1) is 0 Å². The normalized spacial score (nSPS) is 20.6. The Bertz CT molecular complexity index is 187. The van der Waals surface area contributed by atoms with Crippen LogP contribution in [0.3, 0.4) is 0 Å². The number of nitrogens with zero attached hydrogens (tertiary/aromatic N) is 1. The largest absolute Gasteiger partial charge is 0.513 e. The Morgan fingerprint density at radius 1 is 1.42 bits per heavy atom. The van der Waals surface area contributed by atoms with Crippen LogP contribution in [0.4, 0.5) is 0 Å². The second-order valence-electron chi connectivity index (χ2n) is 5.19. The summed E-state index contributed by atoms with van der Waals surface area (Å²) in [4.78, 5) is 0. The summed E-state index contributed by atoms with van der Waals surface area (Å²) < 4.78 is 0.979. The summed E-state index contributed by atoms with van der Waals surface area (Å²) in [6.07, 6.45) is 3.30. The van der Waals surface area contributed by atoms with Gasteiger partial charge in [0.05, 0.1) is 33.4 Å². The highest BCUT2D eigenvalue weighted by molar-refractivity contribution is 5.00. The third-order valence-corrected chi connectivity index (χ3v) is 2.35. The van der Waals surface area contributed by atoms with Gasteiger partial charge in [0.1, 0.15) is 0 Å². The standard InChI is InChI=1S/C10H19NO/c1-9(12)7-10(5-6-10)8-11(2,3)4/h1,5-8H2,2-4H3/p+1. The summed E-state index contributed by atoms with van der Waals surface area (Å²) in [5, 5.41) is 9.12. The SMILES string of the molecule is C=C(O)CC1(C[N+](C)(C)C)CC1. The lowest BCUT2D eigenvalue weighted by molar-refractivity contribution is -0.875. The van der Waals surface area contributed by atoms with Crippen LogP contribution in [0, 0.1) is 5.41 Å². The van der Waals surface area contributed by atoms with E-state index in [2.05, 4.69) is 27.7 Å². The van der Waals surface area contributed by atoms with Crippen molar-refractivity contribution in [3.8, 4) is 0 Å². The molecule has 2 heteroatoms. The van der Waals surface area contributed by atoms with Gasteiger partial charge in [-0.25, -0.2) is 0 Å². The number of allylic oxidation sites excluding steroid dienone is 1. The monoisotopic (exact) mass is 170 g/mol. The van der Waals surface area contributed by atoms with E-state index in [0.717, 1.165) is 17.4 Å². The van der Waals surface area contributed by atoms with E-state index in [0.29, 0.717) is 11.2 Å². The van der Waals surface area contributed by atoms with Gasteiger partial charge < -0.3 is 9.59 Å². The molecule has 1 fully saturated rings. The number of hydrogen-bond acceptors (Lipinski definition) is 1. The molecule has 0 unspecified atom stereocenters. The van der Waals surface area contributed by atoms with Crippen LogP contribution in [0.1, 0.15) is 19.3 Å². The summed E-state index contributed by atoms with van der Waals surface area (Å²) in [7, 11) is 6.58. The molecular formula is C10H20NO+. The minimum Gasteiger partial charge on any atom is -0.513 e. The quantitative estimate of drug-likeness (QED) is 0.505. The number of rotatable bonds is 4. The van der Waals surface area contributed by atoms with Gasteiger partial charge in [0.15, 0.2) is 0 Å². The van der Waals surface area contributed by atoms with E-state index in [1.807, 2.05) is 0 Å². The van der Waals surface area contributed by atoms with Gasteiger partial charge in [-0.3, -0.25) is 0 Å². The Balaban J connectivity index is 2.45. The zero-order valence-electron chi connectivity index (χ0n) is 8.43. The molecule has 0 radical (unpaired) electrons. The van der Waals surface area contributed by atoms with E-state index in [4.69, 9.17) is 5.11 Å². The third kappa shape index (κ3) is 2.86. The zero-order chi connectivity index (χ0) is 9.41. The number of aliphatic hydroxyl groups excluding tert-OH is 1. The molecule has 0 amide bonds. The summed E-state index contributed by atoms with van der Waals surface area (Å²) >= 11 is 0. The van der Waals surface area contributed by atoms with Crippen molar-refractivity contribution in [1.29, 1.82) is 0 Å². The van der Waals surface area contributed by atoms with Crippen LogP contribution in [0.15, 0.2) is 12.3 Å². The highest BCUT2D eigenvalue weighted by atomic mass is 16.3. The number of quaternary nitrogens is 1. The molecule has 1 aliphatic rings. The molecule has 1 N–H and O–H groups in total. The maximum atomic E-state index is 9.12. The Morgan fingerprint density at radius 2 is 1.92 bits per heavy atom. The van der Waals surface area contributed by atoms with E-state index < -0.39 is 0 Å². The lowest BCUT2D eigenvalue weighted by atomic mass is 10.0. The fourth-order valence-corrected chi connectivity index (χ4v) is 2.01. The number of aliphatic hydroxyl groups is 1. The molecule has 12 heavy (non-hydrogen) atoms. The van der Waals surface area contributed by atoms with Crippen molar-refractivity contribution < 1.29 is 9.59 Å². The van der Waals surface area contributed by atoms with Crippen LogP contribution in [-0.4, -0.2) is 37.3 Å². The van der Waals surface area contributed by atoms with Gasteiger partial charge in [0.25, 0.3) is 0 Å². The van der Waals surface area contributed by atoms with Crippen molar-refractivity contribution >= 4 is 0 Å². The van der Waals surface area contributed by atoms with Gasteiger partial charge in [-0.05, 0) is 12.8 Å². The van der Waals surface area contributed by atoms with Crippen LogP contribution in [0.25, 0.3) is 0 Å². The maximum absolute atomic E-state index is 9.12. The third-order valence-electron chi connectivity index (χ3n) is 2.35. The molecule has 0 atom stereocenters. The lowest BCUT2D eigenvalue weighted by Gasteiger charge is -2.29. The first-order valence-corrected chi connectivity index (χ1v) is 4.50. The van der Waals surface area contributed by atoms with Crippen molar-refractivity contribution in [3.05, 3.63) is 12.3 Å².